The summed E-state index contributed by atoms with van der Waals surface area (Å²) < 4.78 is 7.56. The molecule has 1 aliphatic rings. The smallest absolute Gasteiger partial charge is 0.193 e. The summed E-state index contributed by atoms with van der Waals surface area (Å²) in [5, 5.41) is 5.24. The van der Waals surface area contributed by atoms with E-state index in [2.05, 4.69) is 29.2 Å². The standard InChI is InChI=1S/C19H20ClN3O/c1-22-17-10-12-23(13-15-7-8-18(20)24-15)11-9-16(17)19(21-22)14-5-3-2-4-6-14/h2-8H,9-13H2,1H3. The lowest BCUT2D eigenvalue weighted by atomic mass is 10.0. The molecular weight excluding hydrogens is 322 g/mol. The summed E-state index contributed by atoms with van der Waals surface area (Å²) in [5.74, 6) is 0.923. The second kappa shape index (κ2) is 6.46. The van der Waals surface area contributed by atoms with Crippen molar-refractivity contribution in [2.75, 3.05) is 13.1 Å². The number of aromatic nitrogens is 2. The third-order valence-electron chi connectivity index (χ3n) is 4.67. The third-order valence-corrected chi connectivity index (χ3v) is 4.88. The molecule has 3 heterocycles. The first-order valence-electron chi connectivity index (χ1n) is 8.27. The van der Waals surface area contributed by atoms with Gasteiger partial charge in [-0.3, -0.25) is 9.58 Å². The van der Waals surface area contributed by atoms with Crippen molar-refractivity contribution in [1.29, 1.82) is 0 Å². The van der Waals surface area contributed by atoms with E-state index in [4.69, 9.17) is 21.1 Å². The van der Waals surface area contributed by atoms with Gasteiger partial charge in [-0.2, -0.15) is 5.10 Å². The Labute approximate surface area is 146 Å². The van der Waals surface area contributed by atoms with Crippen molar-refractivity contribution in [2.45, 2.75) is 19.4 Å². The summed E-state index contributed by atoms with van der Waals surface area (Å²) in [6, 6.07) is 14.2. The number of hydrogen-bond donors (Lipinski definition) is 0. The summed E-state index contributed by atoms with van der Waals surface area (Å²) in [4.78, 5) is 2.42. The second-order valence-corrected chi connectivity index (χ2v) is 6.62. The second-order valence-electron chi connectivity index (χ2n) is 6.25. The Hall–Kier alpha value is -2.04. The van der Waals surface area contributed by atoms with Crippen molar-refractivity contribution in [2.24, 2.45) is 7.05 Å². The molecule has 0 radical (unpaired) electrons. The fourth-order valence-corrected chi connectivity index (χ4v) is 3.63. The maximum Gasteiger partial charge on any atom is 0.193 e. The van der Waals surface area contributed by atoms with E-state index < -0.39 is 0 Å². The number of furan rings is 1. The van der Waals surface area contributed by atoms with Crippen molar-refractivity contribution in [3.8, 4) is 11.3 Å². The molecule has 24 heavy (non-hydrogen) atoms. The van der Waals surface area contributed by atoms with Gasteiger partial charge in [0.25, 0.3) is 0 Å². The molecule has 0 spiro atoms. The molecule has 4 nitrogen and oxygen atoms in total. The molecule has 124 valence electrons. The molecule has 5 heteroatoms. The van der Waals surface area contributed by atoms with Crippen LogP contribution in [-0.4, -0.2) is 27.8 Å². The van der Waals surface area contributed by atoms with Gasteiger partial charge in [-0.15, -0.1) is 0 Å². The highest BCUT2D eigenvalue weighted by Crippen LogP contribution is 2.28. The quantitative estimate of drug-likeness (QED) is 0.723. The molecule has 0 atom stereocenters. The van der Waals surface area contributed by atoms with E-state index in [1.54, 1.807) is 6.07 Å². The Balaban J connectivity index is 1.57. The van der Waals surface area contributed by atoms with E-state index in [0.717, 1.165) is 43.9 Å². The molecule has 1 aliphatic heterocycles. The average molecular weight is 342 g/mol. The normalized spacial score (nSPS) is 15.2. The number of aryl methyl sites for hydroxylation is 1. The molecule has 1 aromatic carbocycles. The van der Waals surface area contributed by atoms with Crippen LogP contribution >= 0.6 is 11.6 Å². The molecule has 2 aromatic heterocycles. The van der Waals surface area contributed by atoms with Crippen LogP contribution in [0.25, 0.3) is 11.3 Å². The molecule has 4 rings (SSSR count). The lowest BCUT2D eigenvalue weighted by molar-refractivity contribution is 0.254. The topological polar surface area (TPSA) is 34.2 Å². The zero-order valence-electron chi connectivity index (χ0n) is 13.7. The summed E-state index contributed by atoms with van der Waals surface area (Å²) in [6.07, 6.45) is 2.00. The van der Waals surface area contributed by atoms with Crippen molar-refractivity contribution in [3.05, 3.63) is 64.7 Å². The minimum atomic E-state index is 0.457. The number of benzene rings is 1. The van der Waals surface area contributed by atoms with Crippen LogP contribution in [0, 0.1) is 0 Å². The van der Waals surface area contributed by atoms with Crippen molar-refractivity contribution in [1.82, 2.24) is 14.7 Å². The van der Waals surface area contributed by atoms with Crippen LogP contribution in [0.15, 0.2) is 46.9 Å². The van der Waals surface area contributed by atoms with Gasteiger partial charge in [0.2, 0.25) is 0 Å². The maximum atomic E-state index is 5.88. The van der Waals surface area contributed by atoms with Crippen LogP contribution in [-0.2, 0) is 26.4 Å². The van der Waals surface area contributed by atoms with E-state index in [1.807, 2.05) is 23.9 Å². The van der Waals surface area contributed by atoms with E-state index in [9.17, 15) is 0 Å². The Morgan fingerprint density at radius 2 is 1.88 bits per heavy atom. The van der Waals surface area contributed by atoms with Crippen molar-refractivity contribution in [3.63, 3.8) is 0 Å². The summed E-state index contributed by atoms with van der Waals surface area (Å²) in [7, 11) is 2.05. The minimum absolute atomic E-state index is 0.457. The van der Waals surface area contributed by atoms with Crippen LogP contribution in [0.4, 0.5) is 0 Å². The van der Waals surface area contributed by atoms with Crippen LogP contribution in [0.1, 0.15) is 17.0 Å². The highest BCUT2D eigenvalue weighted by Gasteiger charge is 2.22. The van der Waals surface area contributed by atoms with Gasteiger partial charge in [-0.05, 0) is 30.2 Å². The molecule has 0 bridgehead atoms. The van der Waals surface area contributed by atoms with Gasteiger partial charge in [-0.1, -0.05) is 30.3 Å². The van der Waals surface area contributed by atoms with Crippen molar-refractivity contribution < 1.29 is 4.42 Å². The number of nitrogens with zero attached hydrogens (tertiary/aromatic N) is 3. The molecule has 0 amide bonds. The SMILES string of the molecule is Cn1nc(-c2ccccc2)c2c1CCN(Cc1ccc(Cl)o1)CC2. The van der Waals surface area contributed by atoms with Crippen LogP contribution in [0.2, 0.25) is 5.22 Å². The lowest BCUT2D eigenvalue weighted by Crippen LogP contribution is -2.26. The number of hydrogen-bond acceptors (Lipinski definition) is 3. The molecular formula is C19H20ClN3O. The Kier molecular flexibility index (Phi) is 4.17. The van der Waals surface area contributed by atoms with E-state index in [-0.39, 0.29) is 0 Å². The van der Waals surface area contributed by atoms with Gasteiger partial charge >= 0.3 is 0 Å². The van der Waals surface area contributed by atoms with E-state index in [0.29, 0.717) is 5.22 Å². The van der Waals surface area contributed by atoms with E-state index in [1.165, 1.54) is 16.8 Å². The summed E-state index contributed by atoms with van der Waals surface area (Å²) in [5.41, 5.74) is 5.04. The van der Waals surface area contributed by atoms with Crippen molar-refractivity contribution >= 4 is 11.6 Å². The molecule has 3 aromatic rings. The Bertz CT molecular complexity index is 838. The predicted molar refractivity (Wildman–Crippen MR) is 95.0 cm³/mol. The molecule has 0 saturated carbocycles. The van der Waals surface area contributed by atoms with Crippen LogP contribution in [0.3, 0.4) is 0 Å². The summed E-state index contributed by atoms with van der Waals surface area (Å²) in [6.45, 7) is 2.80. The van der Waals surface area contributed by atoms with Gasteiger partial charge in [0, 0.05) is 43.4 Å². The zero-order valence-corrected chi connectivity index (χ0v) is 14.5. The minimum Gasteiger partial charge on any atom is -0.448 e. The number of fused-ring (bicyclic) bond motifs is 1. The molecule has 0 fully saturated rings. The van der Waals surface area contributed by atoms with Gasteiger partial charge in [0.15, 0.2) is 5.22 Å². The molecule has 0 unspecified atom stereocenters. The van der Waals surface area contributed by atoms with Gasteiger partial charge in [0.05, 0.1) is 12.2 Å². The fraction of sp³-hybridized carbons (Fsp3) is 0.316. The maximum absolute atomic E-state index is 5.88. The van der Waals surface area contributed by atoms with Crippen LogP contribution in [0.5, 0.6) is 0 Å². The Morgan fingerprint density at radius 1 is 1.08 bits per heavy atom. The molecule has 0 saturated heterocycles. The summed E-state index contributed by atoms with van der Waals surface area (Å²) >= 11 is 5.88. The number of rotatable bonds is 3. The zero-order chi connectivity index (χ0) is 16.5. The largest absolute Gasteiger partial charge is 0.448 e. The first-order chi connectivity index (χ1) is 11.7. The lowest BCUT2D eigenvalue weighted by Gasteiger charge is -2.18. The molecule has 0 N–H and O–H groups in total. The van der Waals surface area contributed by atoms with Crippen LogP contribution < -0.4 is 0 Å². The highest BCUT2D eigenvalue weighted by molar-refractivity contribution is 6.28. The first-order valence-corrected chi connectivity index (χ1v) is 8.65. The third kappa shape index (κ3) is 2.99. The predicted octanol–water partition coefficient (Wildman–Crippen LogP) is 3.93. The van der Waals surface area contributed by atoms with Gasteiger partial charge < -0.3 is 4.42 Å². The molecule has 0 aliphatic carbocycles. The Morgan fingerprint density at radius 3 is 2.62 bits per heavy atom. The van der Waals surface area contributed by atoms with Gasteiger partial charge in [-0.25, -0.2) is 0 Å². The highest BCUT2D eigenvalue weighted by atomic mass is 35.5. The first kappa shape index (κ1) is 15.5. The average Bonchev–Trinajstić information content (AvgIpc) is 3.06. The monoisotopic (exact) mass is 341 g/mol. The van der Waals surface area contributed by atoms with E-state index >= 15 is 0 Å². The fourth-order valence-electron chi connectivity index (χ4n) is 3.47. The van der Waals surface area contributed by atoms with Gasteiger partial charge in [0.1, 0.15) is 5.76 Å². The number of halogens is 1.